The maximum Gasteiger partial charge on any atom is 0.157 e. The van der Waals surface area contributed by atoms with E-state index in [2.05, 4.69) is 10.2 Å². The third-order valence-electron chi connectivity index (χ3n) is 5.49. The molecule has 0 aliphatic carbocycles. The van der Waals surface area contributed by atoms with Crippen LogP contribution in [-0.2, 0) is 0 Å². The van der Waals surface area contributed by atoms with E-state index in [4.69, 9.17) is 4.74 Å². The van der Waals surface area contributed by atoms with Gasteiger partial charge in [-0.2, -0.15) is 5.11 Å². The lowest BCUT2D eigenvalue weighted by atomic mass is 9.93. The number of benzene rings is 4. The predicted octanol–water partition coefficient (Wildman–Crippen LogP) is 7.31. The maximum atomic E-state index is 10.7. The summed E-state index contributed by atoms with van der Waals surface area (Å²) in [5.74, 6) is 0.445. The van der Waals surface area contributed by atoms with Gasteiger partial charge < -0.3 is 20.1 Å². The van der Waals surface area contributed by atoms with Gasteiger partial charge in [-0.15, -0.1) is 5.11 Å². The fourth-order valence-corrected chi connectivity index (χ4v) is 3.68. The number of ether oxygens (including phenoxy) is 1. The van der Waals surface area contributed by atoms with E-state index in [1.807, 2.05) is 69.3 Å². The van der Waals surface area contributed by atoms with E-state index < -0.39 is 0 Å². The second-order valence-electron chi connectivity index (χ2n) is 8.22. The van der Waals surface area contributed by atoms with Crippen LogP contribution in [0, 0.1) is 0 Å². The first kappa shape index (κ1) is 22.1. The zero-order valence-electron chi connectivity index (χ0n) is 18.7. The summed E-state index contributed by atoms with van der Waals surface area (Å²) in [7, 11) is 0. The van der Waals surface area contributed by atoms with Gasteiger partial charge in [0.2, 0.25) is 0 Å². The summed E-state index contributed by atoms with van der Waals surface area (Å²) in [5, 5.41) is 40.1. The summed E-state index contributed by atoms with van der Waals surface area (Å²) < 4.78 is 5.93. The molecule has 3 N–H and O–H groups in total. The van der Waals surface area contributed by atoms with Crippen LogP contribution in [0.3, 0.4) is 0 Å². The molecule has 0 amide bonds. The zero-order valence-corrected chi connectivity index (χ0v) is 18.7. The van der Waals surface area contributed by atoms with E-state index >= 15 is 0 Å². The number of azo groups is 1. The first-order chi connectivity index (χ1) is 15.8. The normalized spacial score (nSPS) is 12.5. The monoisotopic (exact) mass is 442 g/mol. The summed E-state index contributed by atoms with van der Waals surface area (Å²) in [6, 6.07) is 21.6. The molecule has 1 unspecified atom stereocenters. The Morgan fingerprint density at radius 1 is 0.697 bits per heavy atom. The highest BCUT2D eigenvalue weighted by molar-refractivity contribution is 5.97. The molecule has 4 aromatic rings. The molecule has 0 saturated heterocycles. The number of fused-ring (bicyclic) bond motifs is 1. The SMILES string of the molecule is CC(C)Oc1cc(N=Nc2ccc(C(C)c3ccc(O)c(O)c3)cc2)c(O)c2ccccc12. The largest absolute Gasteiger partial charge is 0.505 e. The smallest absolute Gasteiger partial charge is 0.157 e. The quantitative estimate of drug-likeness (QED) is 0.215. The molecule has 1 atom stereocenters. The van der Waals surface area contributed by atoms with Crippen LogP contribution in [0.5, 0.6) is 23.0 Å². The molecule has 0 aliphatic rings. The Labute approximate surface area is 192 Å². The first-order valence-corrected chi connectivity index (χ1v) is 10.8. The van der Waals surface area contributed by atoms with Crippen LogP contribution < -0.4 is 4.74 Å². The van der Waals surface area contributed by atoms with Crippen molar-refractivity contribution in [3.05, 3.63) is 83.9 Å². The third kappa shape index (κ3) is 4.75. The molecule has 6 nitrogen and oxygen atoms in total. The number of nitrogens with zero attached hydrogens (tertiary/aromatic N) is 2. The molecule has 0 saturated carbocycles. The van der Waals surface area contributed by atoms with E-state index in [0.717, 1.165) is 16.5 Å². The Hall–Kier alpha value is -4.06. The van der Waals surface area contributed by atoms with Crippen molar-refractivity contribution >= 4 is 22.1 Å². The topological polar surface area (TPSA) is 94.6 Å². The second-order valence-corrected chi connectivity index (χ2v) is 8.22. The molecule has 168 valence electrons. The zero-order chi connectivity index (χ0) is 23.5. The fourth-order valence-electron chi connectivity index (χ4n) is 3.68. The van der Waals surface area contributed by atoms with Gasteiger partial charge in [0.05, 0.1) is 11.8 Å². The molecule has 6 heteroatoms. The van der Waals surface area contributed by atoms with Crippen LogP contribution in [0.15, 0.2) is 83.0 Å². The number of rotatable bonds is 6. The van der Waals surface area contributed by atoms with Gasteiger partial charge in [0.1, 0.15) is 11.4 Å². The standard InChI is InChI=1S/C27H26N2O4/c1-16(2)33-26-15-23(27(32)22-7-5-4-6-21(22)26)29-28-20-11-8-18(9-12-20)17(3)19-10-13-24(30)25(31)14-19/h4-17,30-32H,1-3H3. The van der Waals surface area contributed by atoms with Crippen molar-refractivity contribution in [3.63, 3.8) is 0 Å². The van der Waals surface area contributed by atoms with Gasteiger partial charge in [-0.3, -0.25) is 0 Å². The number of phenols is 3. The predicted molar refractivity (Wildman–Crippen MR) is 129 cm³/mol. The van der Waals surface area contributed by atoms with E-state index in [1.54, 1.807) is 18.2 Å². The third-order valence-corrected chi connectivity index (χ3v) is 5.49. The van der Waals surface area contributed by atoms with Gasteiger partial charge in [0.25, 0.3) is 0 Å². The molecular weight excluding hydrogens is 416 g/mol. The molecule has 0 aromatic heterocycles. The molecule has 0 bridgehead atoms. The first-order valence-electron chi connectivity index (χ1n) is 10.8. The summed E-state index contributed by atoms with van der Waals surface area (Å²) in [5.41, 5.74) is 2.89. The minimum Gasteiger partial charge on any atom is -0.505 e. The molecule has 4 rings (SSSR count). The van der Waals surface area contributed by atoms with E-state index in [1.165, 1.54) is 6.07 Å². The number of hydrogen-bond donors (Lipinski definition) is 3. The van der Waals surface area contributed by atoms with Gasteiger partial charge in [0.15, 0.2) is 17.2 Å². The second kappa shape index (κ2) is 9.20. The van der Waals surface area contributed by atoms with Crippen molar-refractivity contribution in [3.8, 4) is 23.0 Å². The highest BCUT2D eigenvalue weighted by atomic mass is 16.5. The highest BCUT2D eigenvalue weighted by Crippen LogP contribution is 2.41. The van der Waals surface area contributed by atoms with Gasteiger partial charge in [-0.05, 0) is 49.2 Å². The fraction of sp³-hybridized carbons (Fsp3) is 0.185. The van der Waals surface area contributed by atoms with Crippen molar-refractivity contribution in [2.75, 3.05) is 0 Å². The number of hydrogen-bond acceptors (Lipinski definition) is 6. The van der Waals surface area contributed by atoms with E-state index in [0.29, 0.717) is 22.5 Å². The van der Waals surface area contributed by atoms with Crippen molar-refractivity contribution in [1.82, 2.24) is 0 Å². The van der Waals surface area contributed by atoms with Crippen LogP contribution in [-0.4, -0.2) is 21.4 Å². The van der Waals surface area contributed by atoms with Crippen molar-refractivity contribution < 1.29 is 20.1 Å². The summed E-state index contributed by atoms with van der Waals surface area (Å²) >= 11 is 0. The molecule has 0 aliphatic heterocycles. The lowest BCUT2D eigenvalue weighted by Crippen LogP contribution is -2.05. The Morgan fingerprint density at radius 2 is 1.36 bits per heavy atom. The average molecular weight is 443 g/mol. The van der Waals surface area contributed by atoms with Crippen LogP contribution >= 0.6 is 0 Å². The number of aromatic hydroxyl groups is 3. The van der Waals surface area contributed by atoms with Crippen LogP contribution in [0.25, 0.3) is 10.8 Å². The van der Waals surface area contributed by atoms with Gasteiger partial charge >= 0.3 is 0 Å². The van der Waals surface area contributed by atoms with Crippen LogP contribution in [0.2, 0.25) is 0 Å². The minimum atomic E-state index is -0.138. The van der Waals surface area contributed by atoms with Crippen molar-refractivity contribution in [2.24, 2.45) is 10.2 Å². The van der Waals surface area contributed by atoms with E-state index in [-0.39, 0.29) is 29.3 Å². The Bertz CT molecular complexity index is 1310. The molecule has 33 heavy (non-hydrogen) atoms. The molecule has 0 radical (unpaired) electrons. The van der Waals surface area contributed by atoms with Crippen molar-refractivity contribution in [1.29, 1.82) is 0 Å². The molecule has 0 fully saturated rings. The lowest BCUT2D eigenvalue weighted by molar-refractivity contribution is 0.245. The van der Waals surface area contributed by atoms with E-state index in [9.17, 15) is 15.3 Å². The average Bonchev–Trinajstić information content (AvgIpc) is 2.81. The summed E-state index contributed by atoms with van der Waals surface area (Å²) in [6.45, 7) is 5.92. The van der Waals surface area contributed by atoms with Gasteiger partial charge in [-0.1, -0.05) is 49.4 Å². The number of phenolic OH excluding ortho intramolecular Hbond substituents is 3. The lowest BCUT2D eigenvalue weighted by Gasteiger charge is -2.14. The minimum absolute atomic E-state index is 0.0164. The van der Waals surface area contributed by atoms with Crippen LogP contribution in [0.4, 0.5) is 11.4 Å². The van der Waals surface area contributed by atoms with Crippen molar-refractivity contribution in [2.45, 2.75) is 32.8 Å². The van der Waals surface area contributed by atoms with Gasteiger partial charge in [-0.25, -0.2) is 0 Å². The van der Waals surface area contributed by atoms with Gasteiger partial charge in [0, 0.05) is 22.8 Å². The molecule has 4 aromatic carbocycles. The molecule has 0 spiro atoms. The molecule has 0 heterocycles. The Morgan fingerprint density at radius 3 is 2.03 bits per heavy atom. The molecular formula is C27H26N2O4. The maximum absolute atomic E-state index is 10.7. The summed E-state index contributed by atoms with van der Waals surface area (Å²) in [6.07, 6.45) is -0.0206. The van der Waals surface area contributed by atoms with Crippen LogP contribution in [0.1, 0.15) is 37.8 Å². The highest BCUT2D eigenvalue weighted by Gasteiger charge is 2.14. The Balaban J connectivity index is 1.60. The summed E-state index contributed by atoms with van der Waals surface area (Å²) in [4.78, 5) is 0. The Kier molecular flexibility index (Phi) is 6.18.